The first-order valence-electron chi connectivity index (χ1n) is 6.48. The van der Waals surface area contributed by atoms with E-state index < -0.39 is 12.0 Å². The minimum Gasteiger partial charge on any atom is -0.493 e. The number of carboxylic acids is 1. The first-order chi connectivity index (χ1) is 9.49. The van der Waals surface area contributed by atoms with E-state index in [-0.39, 0.29) is 0 Å². The topological polar surface area (TPSA) is 85.0 Å². The van der Waals surface area contributed by atoms with Gasteiger partial charge in [0, 0.05) is 13.1 Å². The van der Waals surface area contributed by atoms with Crippen LogP contribution in [0.25, 0.3) is 0 Å². The minimum absolute atomic E-state index is 0.516. The SMILES string of the molecule is COc1cc2c(c(N)c1OC)CCN(C(C)C(=O)O)C2. The third kappa shape index (κ3) is 2.38. The largest absolute Gasteiger partial charge is 0.493 e. The van der Waals surface area contributed by atoms with Crippen molar-refractivity contribution in [2.75, 3.05) is 26.5 Å². The molecule has 6 heteroatoms. The molecule has 6 nitrogen and oxygen atoms in total. The Bertz CT molecular complexity index is 530. The number of carboxylic acid groups (broad SMARTS) is 1. The standard InChI is InChI=1S/C14H20N2O4/c1-8(14(17)18)16-5-4-10-9(7-16)6-11(19-2)13(20-3)12(10)15/h6,8H,4-5,7,15H2,1-3H3,(H,17,18). The summed E-state index contributed by atoms with van der Waals surface area (Å²) in [6, 6.07) is 1.36. The summed E-state index contributed by atoms with van der Waals surface area (Å²) in [6.07, 6.45) is 0.707. The van der Waals surface area contributed by atoms with Gasteiger partial charge in [-0.3, -0.25) is 9.69 Å². The van der Waals surface area contributed by atoms with Crippen molar-refractivity contribution in [3.8, 4) is 11.5 Å². The maximum absolute atomic E-state index is 11.1. The number of carbonyl (C=O) groups is 1. The number of nitrogen functional groups attached to an aromatic ring is 1. The summed E-state index contributed by atoms with van der Waals surface area (Å²) in [5.74, 6) is 0.307. The molecule has 0 saturated carbocycles. The number of benzene rings is 1. The molecular weight excluding hydrogens is 260 g/mol. The van der Waals surface area contributed by atoms with Crippen LogP contribution in [0.2, 0.25) is 0 Å². The molecule has 1 aliphatic rings. The fourth-order valence-electron chi connectivity index (χ4n) is 2.59. The van der Waals surface area contributed by atoms with Gasteiger partial charge in [-0.1, -0.05) is 0 Å². The average molecular weight is 280 g/mol. The molecule has 1 aromatic rings. The monoisotopic (exact) mass is 280 g/mol. The van der Waals surface area contributed by atoms with Gasteiger partial charge in [-0.2, -0.15) is 0 Å². The van der Waals surface area contributed by atoms with Gasteiger partial charge in [-0.15, -0.1) is 0 Å². The van der Waals surface area contributed by atoms with Crippen LogP contribution in [0.4, 0.5) is 5.69 Å². The van der Waals surface area contributed by atoms with E-state index in [1.54, 1.807) is 21.1 Å². The molecule has 1 aliphatic heterocycles. The highest BCUT2D eigenvalue weighted by Crippen LogP contribution is 2.40. The summed E-state index contributed by atoms with van der Waals surface area (Å²) in [6.45, 7) is 2.91. The van der Waals surface area contributed by atoms with Gasteiger partial charge in [0.05, 0.1) is 19.9 Å². The molecule has 2 rings (SSSR count). The lowest BCUT2D eigenvalue weighted by atomic mass is 9.96. The van der Waals surface area contributed by atoms with Crippen LogP contribution in [-0.2, 0) is 17.8 Å². The van der Waals surface area contributed by atoms with Crippen molar-refractivity contribution in [1.29, 1.82) is 0 Å². The van der Waals surface area contributed by atoms with Crippen molar-refractivity contribution in [3.05, 3.63) is 17.2 Å². The van der Waals surface area contributed by atoms with Crippen LogP contribution in [0, 0.1) is 0 Å². The Hall–Kier alpha value is -1.95. The zero-order valence-electron chi connectivity index (χ0n) is 12.0. The smallest absolute Gasteiger partial charge is 0.320 e. The fourth-order valence-corrected chi connectivity index (χ4v) is 2.59. The number of anilines is 1. The molecule has 1 unspecified atom stereocenters. The van der Waals surface area contributed by atoms with Crippen LogP contribution < -0.4 is 15.2 Å². The van der Waals surface area contributed by atoms with Gasteiger partial charge in [0.2, 0.25) is 0 Å². The van der Waals surface area contributed by atoms with Gasteiger partial charge in [0.25, 0.3) is 0 Å². The zero-order chi connectivity index (χ0) is 14.9. The van der Waals surface area contributed by atoms with E-state index in [1.807, 2.05) is 11.0 Å². The third-order valence-electron chi connectivity index (χ3n) is 3.84. The van der Waals surface area contributed by atoms with Gasteiger partial charge >= 0.3 is 5.97 Å². The minimum atomic E-state index is -0.818. The molecule has 1 atom stereocenters. The predicted octanol–water partition coefficient (Wildman–Crippen LogP) is 1.12. The Balaban J connectivity index is 2.37. The maximum Gasteiger partial charge on any atom is 0.320 e. The highest BCUT2D eigenvalue weighted by atomic mass is 16.5. The number of ether oxygens (including phenoxy) is 2. The molecule has 0 fully saturated rings. The van der Waals surface area contributed by atoms with Crippen molar-refractivity contribution < 1.29 is 19.4 Å². The number of methoxy groups -OCH3 is 2. The molecule has 1 heterocycles. The van der Waals surface area contributed by atoms with Gasteiger partial charge in [-0.25, -0.2) is 0 Å². The highest BCUT2D eigenvalue weighted by molar-refractivity contribution is 5.73. The van der Waals surface area contributed by atoms with Crippen molar-refractivity contribution in [2.24, 2.45) is 0 Å². The number of hydrogen-bond donors (Lipinski definition) is 2. The van der Waals surface area contributed by atoms with E-state index in [1.165, 1.54) is 0 Å². The molecular formula is C14H20N2O4. The van der Waals surface area contributed by atoms with Crippen LogP contribution >= 0.6 is 0 Å². The summed E-state index contributed by atoms with van der Waals surface area (Å²) >= 11 is 0. The Labute approximate surface area is 118 Å². The molecule has 0 amide bonds. The molecule has 0 aliphatic carbocycles. The molecule has 0 bridgehead atoms. The number of aliphatic carboxylic acids is 1. The molecule has 20 heavy (non-hydrogen) atoms. The zero-order valence-corrected chi connectivity index (χ0v) is 12.0. The summed E-state index contributed by atoms with van der Waals surface area (Å²) in [7, 11) is 3.12. The third-order valence-corrected chi connectivity index (χ3v) is 3.84. The Morgan fingerprint density at radius 3 is 2.70 bits per heavy atom. The second-order valence-electron chi connectivity index (χ2n) is 4.90. The van der Waals surface area contributed by atoms with Crippen LogP contribution in [-0.4, -0.2) is 42.8 Å². The summed E-state index contributed by atoms with van der Waals surface area (Å²) in [5.41, 5.74) is 8.74. The Kier molecular flexibility index (Phi) is 4.04. The molecule has 0 spiro atoms. The molecule has 110 valence electrons. The quantitative estimate of drug-likeness (QED) is 0.804. The van der Waals surface area contributed by atoms with Crippen LogP contribution in [0.5, 0.6) is 11.5 Å². The molecule has 3 N–H and O–H groups in total. The van der Waals surface area contributed by atoms with Crippen molar-refractivity contribution >= 4 is 11.7 Å². The molecule has 0 aromatic heterocycles. The maximum atomic E-state index is 11.1. The molecule has 1 aromatic carbocycles. The van der Waals surface area contributed by atoms with Crippen LogP contribution in [0.3, 0.4) is 0 Å². The number of nitrogens with two attached hydrogens (primary N) is 1. The van der Waals surface area contributed by atoms with E-state index in [2.05, 4.69) is 0 Å². The lowest BCUT2D eigenvalue weighted by Gasteiger charge is -2.32. The predicted molar refractivity (Wildman–Crippen MR) is 75.2 cm³/mol. The van der Waals surface area contributed by atoms with E-state index in [9.17, 15) is 4.79 Å². The number of hydrogen-bond acceptors (Lipinski definition) is 5. The van der Waals surface area contributed by atoms with Crippen molar-refractivity contribution in [1.82, 2.24) is 4.90 Å². The summed E-state index contributed by atoms with van der Waals surface area (Å²) < 4.78 is 10.6. The lowest BCUT2D eigenvalue weighted by molar-refractivity contribution is -0.142. The van der Waals surface area contributed by atoms with E-state index in [0.29, 0.717) is 36.7 Å². The second-order valence-corrected chi connectivity index (χ2v) is 4.90. The Morgan fingerprint density at radius 2 is 2.15 bits per heavy atom. The fraction of sp³-hybridized carbons (Fsp3) is 0.500. The molecule has 0 radical (unpaired) electrons. The molecule has 0 saturated heterocycles. The van der Waals surface area contributed by atoms with E-state index >= 15 is 0 Å². The van der Waals surface area contributed by atoms with Gasteiger partial charge in [0.1, 0.15) is 6.04 Å². The van der Waals surface area contributed by atoms with Crippen molar-refractivity contribution in [2.45, 2.75) is 25.9 Å². The van der Waals surface area contributed by atoms with E-state index in [4.69, 9.17) is 20.3 Å². The number of rotatable bonds is 4. The van der Waals surface area contributed by atoms with Gasteiger partial charge in [0.15, 0.2) is 11.5 Å². The highest BCUT2D eigenvalue weighted by Gasteiger charge is 2.28. The Morgan fingerprint density at radius 1 is 1.45 bits per heavy atom. The number of nitrogens with zero attached hydrogens (tertiary/aromatic N) is 1. The van der Waals surface area contributed by atoms with E-state index in [0.717, 1.165) is 11.1 Å². The van der Waals surface area contributed by atoms with Gasteiger partial charge < -0.3 is 20.3 Å². The normalized spacial score (nSPS) is 16.4. The first kappa shape index (κ1) is 14.5. The van der Waals surface area contributed by atoms with Gasteiger partial charge in [-0.05, 0) is 30.5 Å². The summed E-state index contributed by atoms with van der Waals surface area (Å²) in [5, 5.41) is 9.11. The van der Waals surface area contributed by atoms with Crippen LogP contribution in [0.1, 0.15) is 18.1 Å². The first-order valence-corrected chi connectivity index (χ1v) is 6.48. The second kappa shape index (κ2) is 5.58. The van der Waals surface area contributed by atoms with Crippen molar-refractivity contribution in [3.63, 3.8) is 0 Å². The average Bonchev–Trinajstić information content (AvgIpc) is 2.45. The van der Waals surface area contributed by atoms with Crippen LogP contribution in [0.15, 0.2) is 6.07 Å². The lowest BCUT2D eigenvalue weighted by Crippen LogP contribution is -2.42. The number of fused-ring (bicyclic) bond motifs is 1. The summed E-state index contributed by atoms with van der Waals surface area (Å²) in [4.78, 5) is 13.0.